The van der Waals surface area contributed by atoms with Crippen molar-refractivity contribution in [2.45, 2.75) is 6.29 Å². The van der Waals surface area contributed by atoms with Crippen molar-refractivity contribution < 1.29 is 14.0 Å². The molecule has 0 spiro atoms. The summed E-state index contributed by atoms with van der Waals surface area (Å²) in [6, 6.07) is 9.22. The molecule has 0 atom stereocenters. The molecular formula is C12H10ClNO3. The van der Waals surface area contributed by atoms with Gasteiger partial charge >= 0.3 is 0 Å². The van der Waals surface area contributed by atoms with E-state index in [1.807, 2.05) is 30.3 Å². The van der Waals surface area contributed by atoms with Crippen LogP contribution < -0.4 is 0 Å². The van der Waals surface area contributed by atoms with Crippen LogP contribution in [0.1, 0.15) is 12.1 Å². The van der Waals surface area contributed by atoms with Gasteiger partial charge in [-0.05, 0) is 12.1 Å². The van der Waals surface area contributed by atoms with E-state index in [4.69, 9.17) is 25.6 Å². The molecule has 4 nitrogen and oxygen atoms in total. The van der Waals surface area contributed by atoms with Crippen LogP contribution in [0.4, 0.5) is 0 Å². The number of nitrogens with zero attached hydrogens (tertiary/aromatic N) is 1. The molecule has 88 valence electrons. The van der Waals surface area contributed by atoms with E-state index in [1.165, 1.54) is 0 Å². The number of ether oxygens (including phenoxy) is 2. The average molecular weight is 252 g/mol. The molecule has 1 saturated heterocycles. The Morgan fingerprint density at radius 3 is 2.53 bits per heavy atom. The number of hydrogen-bond acceptors (Lipinski definition) is 4. The Hall–Kier alpha value is -1.36. The summed E-state index contributed by atoms with van der Waals surface area (Å²) in [6.45, 7) is 1.17. The first-order valence-corrected chi connectivity index (χ1v) is 5.66. The van der Waals surface area contributed by atoms with Crippen LogP contribution in [-0.2, 0) is 9.47 Å². The summed E-state index contributed by atoms with van der Waals surface area (Å²) < 4.78 is 15.9. The van der Waals surface area contributed by atoms with Gasteiger partial charge in [-0.3, -0.25) is 0 Å². The maximum Gasteiger partial charge on any atom is 0.220 e. The molecule has 1 aliphatic heterocycles. The van der Waals surface area contributed by atoms with Gasteiger partial charge in [-0.15, -0.1) is 0 Å². The molecule has 0 aliphatic carbocycles. The van der Waals surface area contributed by atoms with Crippen LogP contribution in [0, 0.1) is 0 Å². The minimum Gasteiger partial charge on any atom is -0.355 e. The fourth-order valence-corrected chi connectivity index (χ4v) is 1.81. The van der Waals surface area contributed by atoms with Gasteiger partial charge in [0.05, 0.1) is 13.2 Å². The van der Waals surface area contributed by atoms with Crippen molar-refractivity contribution in [1.29, 1.82) is 0 Å². The molecule has 0 saturated carbocycles. The topological polar surface area (TPSA) is 44.5 Å². The SMILES string of the molecule is Clc1ccc(-c2cc(C3OCCO3)on2)cc1. The molecule has 0 N–H and O–H groups in total. The first-order valence-electron chi connectivity index (χ1n) is 5.29. The van der Waals surface area contributed by atoms with E-state index >= 15 is 0 Å². The molecule has 0 amide bonds. The van der Waals surface area contributed by atoms with Gasteiger partial charge in [-0.2, -0.15) is 0 Å². The lowest BCUT2D eigenvalue weighted by molar-refractivity contribution is -0.0619. The van der Waals surface area contributed by atoms with Gasteiger partial charge in [0.2, 0.25) is 6.29 Å². The molecule has 3 rings (SSSR count). The van der Waals surface area contributed by atoms with Crippen LogP contribution in [0.25, 0.3) is 11.3 Å². The molecule has 2 aromatic rings. The molecule has 0 unspecified atom stereocenters. The molecule has 1 fully saturated rings. The van der Waals surface area contributed by atoms with Crippen LogP contribution in [0.15, 0.2) is 34.9 Å². The van der Waals surface area contributed by atoms with Gasteiger partial charge in [0.25, 0.3) is 0 Å². The molecule has 0 bridgehead atoms. The van der Waals surface area contributed by atoms with E-state index in [9.17, 15) is 0 Å². The summed E-state index contributed by atoms with van der Waals surface area (Å²) in [5.41, 5.74) is 1.69. The van der Waals surface area contributed by atoms with E-state index in [-0.39, 0.29) is 0 Å². The Bertz CT molecular complexity index is 503. The Morgan fingerprint density at radius 1 is 1.12 bits per heavy atom. The second kappa shape index (κ2) is 4.49. The Morgan fingerprint density at radius 2 is 1.82 bits per heavy atom. The second-order valence-electron chi connectivity index (χ2n) is 3.69. The van der Waals surface area contributed by atoms with Crippen molar-refractivity contribution in [3.05, 3.63) is 41.1 Å². The zero-order chi connectivity index (χ0) is 11.7. The standard InChI is InChI=1S/C12H10ClNO3/c13-9-3-1-8(2-4-9)10-7-11(17-14-10)12-15-5-6-16-12/h1-4,7,12H,5-6H2. The number of rotatable bonds is 2. The van der Waals surface area contributed by atoms with Gasteiger partial charge in [0.1, 0.15) is 5.69 Å². The Balaban J connectivity index is 1.86. The minimum atomic E-state index is -0.427. The molecular weight excluding hydrogens is 242 g/mol. The smallest absolute Gasteiger partial charge is 0.220 e. The monoisotopic (exact) mass is 251 g/mol. The summed E-state index contributed by atoms with van der Waals surface area (Å²) in [4.78, 5) is 0. The van der Waals surface area contributed by atoms with Crippen molar-refractivity contribution in [2.24, 2.45) is 0 Å². The van der Waals surface area contributed by atoms with Crippen LogP contribution in [-0.4, -0.2) is 18.4 Å². The Labute approximate surface area is 103 Å². The zero-order valence-electron chi connectivity index (χ0n) is 8.93. The summed E-state index contributed by atoms with van der Waals surface area (Å²) in [5.74, 6) is 0.590. The van der Waals surface area contributed by atoms with E-state index in [0.717, 1.165) is 11.3 Å². The largest absolute Gasteiger partial charge is 0.355 e. The van der Waals surface area contributed by atoms with Crippen LogP contribution >= 0.6 is 11.6 Å². The van der Waals surface area contributed by atoms with Crippen molar-refractivity contribution in [2.75, 3.05) is 13.2 Å². The summed E-state index contributed by atoms with van der Waals surface area (Å²) in [6.07, 6.45) is -0.427. The first kappa shape index (κ1) is 10.8. The number of halogens is 1. The third-order valence-corrected chi connectivity index (χ3v) is 2.77. The average Bonchev–Trinajstić information content (AvgIpc) is 3.00. The fraction of sp³-hybridized carbons (Fsp3) is 0.250. The van der Waals surface area contributed by atoms with Crippen LogP contribution in [0.2, 0.25) is 5.02 Å². The lowest BCUT2D eigenvalue weighted by atomic mass is 10.1. The summed E-state index contributed by atoms with van der Waals surface area (Å²) >= 11 is 5.82. The quantitative estimate of drug-likeness (QED) is 0.823. The molecule has 17 heavy (non-hydrogen) atoms. The number of benzene rings is 1. The maximum absolute atomic E-state index is 5.82. The van der Waals surface area contributed by atoms with E-state index in [0.29, 0.717) is 24.0 Å². The van der Waals surface area contributed by atoms with Gasteiger partial charge in [-0.1, -0.05) is 28.9 Å². The third-order valence-electron chi connectivity index (χ3n) is 2.52. The highest BCUT2D eigenvalue weighted by molar-refractivity contribution is 6.30. The zero-order valence-corrected chi connectivity index (χ0v) is 9.68. The highest BCUT2D eigenvalue weighted by atomic mass is 35.5. The molecule has 1 aromatic heterocycles. The van der Waals surface area contributed by atoms with Crippen molar-refractivity contribution in [1.82, 2.24) is 5.16 Å². The highest BCUT2D eigenvalue weighted by Crippen LogP contribution is 2.28. The second-order valence-corrected chi connectivity index (χ2v) is 4.13. The van der Waals surface area contributed by atoms with Crippen LogP contribution in [0.5, 0.6) is 0 Å². The van der Waals surface area contributed by atoms with Crippen molar-refractivity contribution in [3.8, 4) is 11.3 Å². The highest BCUT2D eigenvalue weighted by Gasteiger charge is 2.23. The van der Waals surface area contributed by atoms with Gasteiger partial charge in [0, 0.05) is 16.7 Å². The van der Waals surface area contributed by atoms with Gasteiger partial charge in [-0.25, -0.2) is 0 Å². The maximum atomic E-state index is 5.82. The minimum absolute atomic E-state index is 0.427. The lowest BCUT2D eigenvalue weighted by Gasteiger charge is -2.01. The lowest BCUT2D eigenvalue weighted by Crippen LogP contribution is -1.94. The van der Waals surface area contributed by atoms with E-state index < -0.39 is 6.29 Å². The first-order chi connectivity index (χ1) is 8.33. The summed E-state index contributed by atoms with van der Waals surface area (Å²) in [7, 11) is 0. The summed E-state index contributed by atoms with van der Waals surface area (Å²) in [5, 5.41) is 4.68. The fourth-order valence-electron chi connectivity index (χ4n) is 1.68. The van der Waals surface area contributed by atoms with Crippen molar-refractivity contribution in [3.63, 3.8) is 0 Å². The van der Waals surface area contributed by atoms with Gasteiger partial charge in [0.15, 0.2) is 5.76 Å². The van der Waals surface area contributed by atoms with Crippen molar-refractivity contribution >= 4 is 11.6 Å². The van der Waals surface area contributed by atoms with E-state index in [2.05, 4.69) is 5.16 Å². The molecule has 1 aromatic carbocycles. The number of aromatic nitrogens is 1. The number of hydrogen-bond donors (Lipinski definition) is 0. The molecule has 5 heteroatoms. The normalized spacial score (nSPS) is 16.5. The van der Waals surface area contributed by atoms with Crippen LogP contribution in [0.3, 0.4) is 0 Å². The molecule has 2 heterocycles. The van der Waals surface area contributed by atoms with E-state index in [1.54, 1.807) is 0 Å². The predicted molar refractivity (Wildman–Crippen MR) is 61.6 cm³/mol. The predicted octanol–water partition coefficient (Wildman–Crippen LogP) is 3.04. The molecule has 1 aliphatic rings. The van der Waals surface area contributed by atoms with Gasteiger partial charge < -0.3 is 14.0 Å². The third kappa shape index (κ3) is 2.20. The molecule has 0 radical (unpaired) electrons. The Kier molecular flexibility index (Phi) is 2.84.